The number of nitrogens with two attached hydrogens (primary N) is 1. The summed E-state index contributed by atoms with van der Waals surface area (Å²) in [6.07, 6.45) is 0. The van der Waals surface area contributed by atoms with Gasteiger partial charge in [-0.2, -0.15) is 21.6 Å². The molecular weight excluding hydrogens is 189 g/mol. The zero-order chi connectivity index (χ0) is 9.71. The monoisotopic (exact) mass is 196 g/mol. The van der Waals surface area contributed by atoms with E-state index in [0.29, 0.717) is 0 Å². The van der Waals surface area contributed by atoms with Gasteiger partial charge in [-0.25, -0.2) is 0 Å². The van der Waals surface area contributed by atoms with Gasteiger partial charge >= 0.3 is 15.6 Å². The summed E-state index contributed by atoms with van der Waals surface area (Å²) >= 11 is 0. The summed E-state index contributed by atoms with van der Waals surface area (Å²) in [7, 11) is -4.19. The van der Waals surface area contributed by atoms with E-state index in [1.807, 2.05) is 0 Å². The first kappa shape index (κ1) is 13.2. The summed E-state index contributed by atoms with van der Waals surface area (Å²) in [5, 5.41) is 0. The van der Waals surface area contributed by atoms with Crippen LogP contribution < -0.4 is 11.3 Å². The Balaban J connectivity index is 0. The average Bonchev–Trinajstić information content (AvgIpc) is 1.60. The maximum absolute atomic E-state index is 10.7. The van der Waals surface area contributed by atoms with Gasteiger partial charge in [-0.1, -0.05) is 0 Å². The summed E-state index contributed by atoms with van der Waals surface area (Å²) in [6.45, 7) is 0. The molecule has 0 bridgehead atoms. The molecule has 0 saturated carbocycles. The molecule has 0 spiro atoms. The summed E-state index contributed by atoms with van der Waals surface area (Å²) in [6, 6.07) is 0. The fraction of sp³-hybridized carbons (Fsp3) is 1.00. The lowest BCUT2D eigenvalue weighted by atomic mass is 11.5. The van der Waals surface area contributed by atoms with Gasteiger partial charge in [-0.3, -0.25) is 15.8 Å². The summed E-state index contributed by atoms with van der Waals surface area (Å²) in [4.78, 5) is 0. The normalized spacial score (nSPS) is 11.8. The number of alkyl halides is 3. The molecule has 0 heterocycles. The molecule has 0 fully saturated rings. The first-order valence-electron chi connectivity index (χ1n) is 2.08. The molecule has 0 aliphatic rings. The van der Waals surface area contributed by atoms with Crippen molar-refractivity contribution in [2.75, 3.05) is 7.05 Å². The molecule has 0 unspecified atom stereocenters. The Morgan fingerprint density at radius 2 is 1.55 bits per heavy atom. The van der Waals surface area contributed by atoms with E-state index in [1.54, 1.807) is 7.05 Å². The number of hydrogen-bond acceptors (Lipinski definition) is 4. The number of nitrogens with one attached hydrogen (secondary N) is 1. The van der Waals surface area contributed by atoms with Crippen LogP contribution in [0.2, 0.25) is 0 Å². The van der Waals surface area contributed by atoms with Crippen molar-refractivity contribution < 1.29 is 26.1 Å². The van der Waals surface area contributed by atoms with Crippen molar-refractivity contribution in [3.05, 3.63) is 0 Å². The van der Waals surface area contributed by atoms with E-state index in [-0.39, 0.29) is 0 Å². The average molecular weight is 196 g/mol. The quantitative estimate of drug-likeness (QED) is 0.210. The predicted molar refractivity (Wildman–Crippen MR) is 30.9 cm³/mol. The second kappa shape index (κ2) is 4.49. The zero-order valence-electron chi connectivity index (χ0n) is 5.38. The molecule has 4 N–H and O–H groups in total. The Labute approximate surface area is 61.1 Å². The molecule has 0 rings (SSSR count). The highest BCUT2D eigenvalue weighted by molar-refractivity contribution is 7.86. The highest BCUT2D eigenvalue weighted by Gasteiger charge is 2.44. The topological polar surface area (TPSA) is 92.4 Å². The molecule has 0 saturated heterocycles. The predicted octanol–water partition coefficient (Wildman–Crippen LogP) is -0.527. The fourth-order valence-corrected chi connectivity index (χ4v) is 0. The van der Waals surface area contributed by atoms with Crippen molar-refractivity contribution in [3.8, 4) is 0 Å². The van der Waals surface area contributed by atoms with Crippen LogP contribution >= 0.6 is 0 Å². The van der Waals surface area contributed by atoms with Gasteiger partial charge in [-0.05, 0) is 7.05 Å². The van der Waals surface area contributed by atoms with Crippen LogP contribution in [-0.4, -0.2) is 25.5 Å². The molecule has 0 aliphatic heterocycles. The molecule has 0 radical (unpaired) electrons. The second-order valence-corrected chi connectivity index (χ2v) is 2.62. The third-order valence-corrected chi connectivity index (χ3v) is 0.877. The maximum Gasteiger partial charge on any atom is 0.522 e. The van der Waals surface area contributed by atoms with Crippen LogP contribution in [0.5, 0.6) is 0 Å². The van der Waals surface area contributed by atoms with E-state index in [1.165, 1.54) is 0 Å². The highest BCUT2D eigenvalue weighted by atomic mass is 32.2. The van der Waals surface area contributed by atoms with Crippen LogP contribution in [0.4, 0.5) is 13.2 Å². The highest BCUT2D eigenvalue weighted by Crippen LogP contribution is 2.20. The third-order valence-electron chi connectivity index (χ3n) is 0.292. The molecule has 0 aromatic rings. The van der Waals surface area contributed by atoms with Crippen LogP contribution in [0.3, 0.4) is 0 Å². The minimum absolute atomic E-state index is 1.65. The second-order valence-electron chi connectivity index (χ2n) is 1.21. The lowest BCUT2D eigenvalue weighted by Gasteiger charge is -1.97. The Morgan fingerprint density at radius 1 is 1.45 bits per heavy atom. The number of hydrazine groups is 1. The van der Waals surface area contributed by atoms with Crippen molar-refractivity contribution >= 4 is 10.1 Å². The number of halogens is 3. The Hall–Kier alpha value is -0.380. The SMILES string of the molecule is CNN.O=S(=O)(O)C(F)(F)F. The molecule has 0 aromatic carbocycles. The standard InChI is InChI=1S/CHF3O3S.CH6N2/c2-1(3,4)8(5,6)7;1-3-2/h(H,5,6,7);3H,2H2,1H3. The fourth-order valence-electron chi connectivity index (χ4n) is 0. The lowest BCUT2D eigenvalue weighted by Crippen LogP contribution is -2.21. The molecule has 0 aliphatic carbocycles. The number of rotatable bonds is 0. The third kappa shape index (κ3) is 7.52. The van der Waals surface area contributed by atoms with E-state index in [9.17, 15) is 13.2 Å². The van der Waals surface area contributed by atoms with E-state index in [2.05, 4.69) is 11.3 Å². The van der Waals surface area contributed by atoms with Gasteiger partial charge in [-0.15, -0.1) is 0 Å². The molecule has 0 atom stereocenters. The van der Waals surface area contributed by atoms with Gasteiger partial charge in [0.1, 0.15) is 0 Å². The Morgan fingerprint density at radius 3 is 1.55 bits per heavy atom. The molecule has 0 aromatic heterocycles. The van der Waals surface area contributed by atoms with Gasteiger partial charge in [0.15, 0.2) is 0 Å². The maximum atomic E-state index is 10.7. The van der Waals surface area contributed by atoms with Crippen LogP contribution in [0.15, 0.2) is 0 Å². The van der Waals surface area contributed by atoms with Crippen LogP contribution in [-0.2, 0) is 10.1 Å². The minimum atomic E-state index is -5.84. The van der Waals surface area contributed by atoms with Crippen molar-refractivity contribution in [3.63, 3.8) is 0 Å². The van der Waals surface area contributed by atoms with Crippen molar-refractivity contribution in [2.24, 2.45) is 5.84 Å². The van der Waals surface area contributed by atoms with Gasteiger partial charge in [0, 0.05) is 0 Å². The van der Waals surface area contributed by atoms with E-state index in [4.69, 9.17) is 13.0 Å². The molecule has 70 valence electrons. The summed E-state index contributed by atoms with van der Waals surface area (Å²) in [5.74, 6) is 4.60. The van der Waals surface area contributed by atoms with E-state index < -0.39 is 15.6 Å². The van der Waals surface area contributed by atoms with Crippen LogP contribution in [0.1, 0.15) is 0 Å². The molecular formula is C2H7F3N2O3S. The van der Waals surface area contributed by atoms with Gasteiger partial charge in [0.25, 0.3) is 0 Å². The smallest absolute Gasteiger partial charge is 0.279 e. The van der Waals surface area contributed by atoms with Crippen LogP contribution in [0, 0.1) is 0 Å². The lowest BCUT2D eigenvalue weighted by molar-refractivity contribution is -0.0510. The van der Waals surface area contributed by atoms with Gasteiger partial charge in [0.05, 0.1) is 0 Å². The van der Waals surface area contributed by atoms with Crippen LogP contribution in [0.25, 0.3) is 0 Å². The van der Waals surface area contributed by atoms with Crippen molar-refractivity contribution in [1.82, 2.24) is 5.43 Å². The van der Waals surface area contributed by atoms with E-state index in [0.717, 1.165) is 0 Å². The Kier molecular flexibility index (Phi) is 5.40. The Bertz CT molecular complexity index is 185. The first-order chi connectivity index (χ1) is 4.66. The largest absolute Gasteiger partial charge is 0.522 e. The molecule has 11 heavy (non-hydrogen) atoms. The summed E-state index contributed by atoms with van der Waals surface area (Å²) in [5.41, 5.74) is -3.28. The van der Waals surface area contributed by atoms with Crippen molar-refractivity contribution in [2.45, 2.75) is 5.51 Å². The molecule has 9 heteroatoms. The zero-order valence-corrected chi connectivity index (χ0v) is 6.20. The first-order valence-corrected chi connectivity index (χ1v) is 3.52. The molecule has 0 amide bonds. The van der Waals surface area contributed by atoms with E-state index >= 15 is 0 Å². The van der Waals surface area contributed by atoms with Crippen molar-refractivity contribution in [1.29, 1.82) is 0 Å². The number of hydrogen-bond donors (Lipinski definition) is 3. The van der Waals surface area contributed by atoms with Gasteiger partial charge < -0.3 is 0 Å². The van der Waals surface area contributed by atoms with Gasteiger partial charge in [0.2, 0.25) is 0 Å². The molecule has 5 nitrogen and oxygen atoms in total. The minimum Gasteiger partial charge on any atom is -0.279 e. The summed E-state index contributed by atoms with van der Waals surface area (Å²) < 4.78 is 57.5.